The van der Waals surface area contributed by atoms with Gasteiger partial charge in [-0.2, -0.15) is 0 Å². The number of halogens is 3. The molecule has 3 atom stereocenters. The quantitative estimate of drug-likeness (QED) is 0.646. The van der Waals surface area contributed by atoms with Crippen molar-refractivity contribution in [2.75, 3.05) is 6.67 Å². The van der Waals surface area contributed by atoms with Crippen LogP contribution < -0.4 is 0 Å². The summed E-state index contributed by atoms with van der Waals surface area (Å²) in [7, 11) is 0. The van der Waals surface area contributed by atoms with Crippen LogP contribution in [0.5, 0.6) is 0 Å². The maximum atomic E-state index is 13.3. The van der Waals surface area contributed by atoms with E-state index in [0.717, 1.165) is 12.8 Å². The largest absolute Gasteiger partial charge is 0.278 e. The van der Waals surface area contributed by atoms with Crippen molar-refractivity contribution in [1.29, 1.82) is 0 Å². The van der Waals surface area contributed by atoms with E-state index in [9.17, 15) is 13.2 Å². The normalized spacial score (nSPS) is 40.5. The molecule has 2 fully saturated rings. The molecule has 2 aliphatic rings. The summed E-state index contributed by atoms with van der Waals surface area (Å²) < 4.78 is 38.8. The Labute approximate surface area is 82.9 Å². The van der Waals surface area contributed by atoms with Gasteiger partial charge >= 0.3 is 0 Å². The van der Waals surface area contributed by atoms with Crippen LogP contribution in [0.3, 0.4) is 0 Å². The highest BCUT2D eigenvalue weighted by molar-refractivity contribution is 5.05. The molecule has 0 saturated heterocycles. The van der Waals surface area contributed by atoms with Crippen LogP contribution in [0.1, 0.15) is 33.1 Å². The van der Waals surface area contributed by atoms with Gasteiger partial charge in [0.1, 0.15) is 0 Å². The van der Waals surface area contributed by atoms with Gasteiger partial charge in [0, 0.05) is 5.92 Å². The van der Waals surface area contributed by atoms with Gasteiger partial charge in [0.25, 0.3) is 5.92 Å². The van der Waals surface area contributed by atoms with E-state index in [1.54, 1.807) is 0 Å². The summed E-state index contributed by atoms with van der Waals surface area (Å²) >= 11 is 0. The second-order valence-electron chi connectivity index (χ2n) is 5.44. The fourth-order valence-electron chi connectivity index (χ4n) is 3.61. The number of alkyl halides is 3. The Morgan fingerprint density at radius 1 is 1.29 bits per heavy atom. The molecule has 0 aliphatic heterocycles. The molecule has 0 spiro atoms. The summed E-state index contributed by atoms with van der Waals surface area (Å²) in [4.78, 5) is 0. The Kier molecular flexibility index (Phi) is 2.13. The summed E-state index contributed by atoms with van der Waals surface area (Å²) in [5, 5.41) is 0. The minimum absolute atomic E-state index is 0.00324. The zero-order valence-corrected chi connectivity index (χ0v) is 8.69. The van der Waals surface area contributed by atoms with Crippen LogP contribution in [0.4, 0.5) is 13.2 Å². The van der Waals surface area contributed by atoms with Crippen molar-refractivity contribution in [3.63, 3.8) is 0 Å². The number of hydrogen-bond donors (Lipinski definition) is 0. The molecule has 0 heterocycles. The van der Waals surface area contributed by atoms with Gasteiger partial charge in [0.15, 0.2) is 6.67 Å². The molecule has 2 rings (SSSR count). The van der Waals surface area contributed by atoms with E-state index in [4.69, 9.17) is 0 Å². The van der Waals surface area contributed by atoms with Crippen molar-refractivity contribution in [3.05, 3.63) is 0 Å². The van der Waals surface area contributed by atoms with E-state index in [2.05, 4.69) is 13.8 Å². The van der Waals surface area contributed by atoms with Crippen LogP contribution in [0.15, 0.2) is 0 Å². The average Bonchev–Trinajstić information content (AvgIpc) is 2.55. The van der Waals surface area contributed by atoms with Crippen molar-refractivity contribution >= 4 is 0 Å². The first-order valence-electron chi connectivity index (χ1n) is 5.33. The van der Waals surface area contributed by atoms with Crippen molar-refractivity contribution in [3.8, 4) is 0 Å². The summed E-state index contributed by atoms with van der Waals surface area (Å²) in [5.74, 6) is -3.38. The highest BCUT2D eigenvalue weighted by atomic mass is 19.3. The van der Waals surface area contributed by atoms with Gasteiger partial charge in [0.05, 0.1) is 0 Å². The molecule has 0 aromatic carbocycles. The smallest absolute Gasteiger partial charge is 0.244 e. The fourth-order valence-corrected chi connectivity index (χ4v) is 3.61. The minimum atomic E-state index is -3.09. The van der Waals surface area contributed by atoms with E-state index < -0.39 is 18.5 Å². The third-order valence-electron chi connectivity index (χ3n) is 4.58. The maximum Gasteiger partial charge on any atom is 0.278 e. The van der Waals surface area contributed by atoms with Crippen LogP contribution >= 0.6 is 0 Å². The van der Waals surface area contributed by atoms with E-state index in [-0.39, 0.29) is 11.3 Å². The van der Waals surface area contributed by atoms with Crippen LogP contribution in [-0.2, 0) is 0 Å². The molecule has 3 heteroatoms. The lowest BCUT2D eigenvalue weighted by Crippen LogP contribution is -2.35. The number of rotatable bonds is 2. The highest BCUT2D eigenvalue weighted by Crippen LogP contribution is 2.63. The molecule has 0 nitrogen and oxygen atoms in total. The number of hydrogen-bond acceptors (Lipinski definition) is 0. The average molecular weight is 206 g/mol. The molecule has 0 N–H and O–H groups in total. The predicted octanol–water partition coefficient (Wildman–Crippen LogP) is 3.66. The van der Waals surface area contributed by atoms with Gasteiger partial charge in [-0.15, -0.1) is 0 Å². The molecule has 0 aromatic rings. The third kappa shape index (κ3) is 1.20. The third-order valence-corrected chi connectivity index (χ3v) is 4.58. The summed E-state index contributed by atoms with van der Waals surface area (Å²) in [5.41, 5.74) is 0.00324. The predicted molar refractivity (Wildman–Crippen MR) is 49.0 cm³/mol. The first kappa shape index (κ1) is 10.3. The maximum absolute atomic E-state index is 13.3. The van der Waals surface area contributed by atoms with Crippen LogP contribution in [0.2, 0.25) is 0 Å². The minimum Gasteiger partial charge on any atom is -0.244 e. The molecule has 0 radical (unpaired) electrons. The molecule has 2 aliphatic carbocycles. The zero-order valence-electron chi connectivity index (χ0n) is 8.69. The fraction of sp³-hybridized carbons (Fsp3) is 1.00. The highest BCUT2D eigenvalue weighted by Gasteiger charge is 2.60. The Hall–Kier alpha value is -0.210. The number of fused-ring (bicyclic) bond motifs is 2. The van der Waals surface area contributed by atoms with Crippen LogP contribution in [0.25, 0.3) is 0 Å². The Balaban J connectivity index is 2.20. The van der Waals surface area contributed by atoms with Gasteiger partial charge in [0.2, 0.25) is 0 Å². The summed E-state index contributed by atoms with van der Waals surface area (Å²) in [6, 6.07) is 0. The van der Waals surface area contributed by atoms with Crippen LogP contribution in [-0.4, -0.2) is 12.6 Å². The van der Waals surface area contributed by atoms with Crippen molar-refractivity contribution in [2.24, 2.45) is 23.2 Å². The second-order valence-corrected chi connectivity index (χ2v) is 5.44. The lowest BCUT2D eigenvalue weighted by molar-refractivity contribution is -0.0978. The molecule has 14 heavy (non-hydrogen) atoms. The molecular formula is C11H17F3. The van der Waals surface area contributed by atoms with Crippen molar-refractivity contribution in [2.45, 2.75) is 39.0 Å². The molecular weight excluding hydrogens is 189 g/mol. The van der Waals surface area contributed by atoms with E-state index >= 15 is 0 Å². The van der Waals surface area contributed by atoms with E-state index in [0.29, 0.717) is 12.3 Å². The summed E-state index contributed by atoms with van der Waals surface area (Å²) in [6.07, 6.45) is 2.43. The lowest BCUT2D eigenvalue weighted by Gasteiger charge is -2.30. The van der Waals surface area contributed by atoms with E-state index in [1.165, 1.54) is 0 Å². The monoisotopic (exact) mass is 206 g/mol. The standard InChI is InChI=1S/C11H17F3/c1-10(2)7-3-4-8(10)9(5-7)11(13,14)6-12/h7-9H,3-6H2,1-2H3. The van der Waals surface area contributed by atoms with Crippen LogP contribution in [0, 0.1) is 23.2 Å². The zero-order chi connectivity index (χ0) is 10.6. The summed E-state index contributed by atoms with van der Waals surface area (Å²) in [6.45, 7) is 2.63. The van der Waals surface area contributed by atoms with E-state index in [1.807, 2.05) is 0 Å². The SMILES string of the molecule is CC1(C)C2CCC1C(C(F)(F)CF)C2. The Bertz CT molecular complexity index is 235. The molecule has 0 aromatic heterocycles. The molecule has 0 amide bonds. The first-order valence-corrected chi connectivity index (χ1v) is 5.33. The van der Waals surface area contributed by atoms with Gasteiger partial charge in [-0.1, -0.05) is 13.8 Å². The lowest BCUT2D eigenvalue weighted by atomic mass is 9.78. The Morgan fingerprint density at radius 2 is 1.93 bits per heavy atom. The Morgan fingerprint density at radius 3 is 2.29 bits per heavy atom. The van der Waals surface area contributed by atoms with Gasteiger partial charge < -0.3 is 0 Å². The van der Waals surface area contributed by atoms with Crippen molar-refractivity contribution in [1.82, 2.24) is 0 Å². The van der Waals surface area contributed by atoms with Gasteiger partial charge in [-0.3, -0.25) is 0 Å². The molecule has 2 bridgehead atoms. The topological polar surface area (TPSA) is 0 Å². The van der Waals surface area contributed by atoms with Gasteiger partial charge in [-0.05, 0) is 36.5 Å². The first-order chi connectivity index (χ1) is 6.39. The molecule has 3 unspecified atom stereocenters. The second kappa shape index (κ2) is 2.89. The molecule has 82 valence electrons. The molecule has 2 saturated carbocycles. The van der Waals surface area contributed by atoms with Crippen molar-refractivity contribution < 1.29 is 13.2 Å². The van der Waals surface area contributed by atoms with Gasteiger partial charge in [-0.25, -0.2) is 13.2 Å².